The van der Waals surface area contributed by atoms with Gasteiger partial charge >= 0.3 is 0 Å². The lowest BCUT2D eigenvalue weighted by Gasteiger charge is -2.28. The average molecular weight is 614 g/mol. The van der Waals surface area contributed by atoms with Crippen LogP contribution in [0.1, 0.15) is 57.9 Å². The predicted molar refractivity (Wildman–Crippen MR) is 170 cm³/mol. The number of para-hydroxylation sites is 1. The summed E-state index contributed by atoms with van der Waals surface area (Å²) < 4.78 is 5.85. The molecule has 0 bridgehead atoms. The average Bonchev–Trinajstić information content (AvgIpc) is 3.47. The smallest absolute Gasteiger partial charge is 0.244 e. The molecule has 228 valence electrons. The van der Waals surface area contributed by atoms with Crippen molar-refractivity contribution in [2.24, 2.45) is 5.92 Å². The quantitative estimate of drug-likeness (QED) is 0.293. The molecule has 8 nitrogen and oxygen atoms in total. The van der Waals surface area contributed by atoms with Gasteiger partial charge in [0.15, 0.2) is 0 Å². The molecule has 0 radical (unpaired) electrons. The number of hydrogen-bond acceptors (Lipinski definition) is 7. The second-order valence-corrected chi connectivity index (χ2v) is 13.8. The van der Waals surface area contributed by atoms with Crippen molar-refractivity contribution in [2.45, 2.75) is 76.6 Å². The lowest BCUT2D eigenvalue weighted by atomic mass is 9.91. The molecule has 10 heteroatoms. The second kappa shape index (κ2) is 15.7. The molecule has 0 aromatic heterocycles. The molecule has 0 spiro atoms. The van der Waals surface area contributed by atoms with E-state index in [-0.39, 0.29) is 24.1 Å². The van der Waals surface area contributed by atoms with Gasteiger partial charge in [-0.15, -0.1) is 11.8 Å². The summed E-state index contributed by atoms with van der Waals surface area (Å²) in [4.78, 5) is 41.1. The van der Waals surface area contributed by atoms with Gasteiger partial charge in [0.1, 0.15) is 23.6 Å². The van der Waals surface area contributed by atoms with Crippen LogP contribution >= 0.6 is 23.5 Å². The van der Waals surface area contributed by atoms with Crippen molar-refractivity contribution >= 4 is 41.2 Å². The maximum absolute atomic E-state index is 13.4. The van der Waals surface area contributed by atoms with Crippen LogP contribution in [0, 0.1) is 5.92 Å². The van der Waals surface area contributed by atoms with Gasteiger partial charge in [-0.05, 0) is 68.2 Å². The Bertz CT molecular complexity index is 1170. The highest BCUT2D eigenvalue weighted by molar-refractivity contribution is 7.99. The molecule has 2 aromatic rings. The molecule has 2 aromatic carbocycles. The summed E-state index contributed by atoms with van der Waals surface area (Å²) in [6, 6.07) is 15.7. The minimum Gasteiger partial charge on any atom is -0.457 e. The molecule has 2 aliphatic rings. The minimum absolute atomic E-state index is 0.0618. The summed E-state index contributed by atoms with van der Waals surface area (Å²) in [7, 11) is 0. The Morgan fingerprint density at radius 1 is 1.05 bits per heavy atom. The molecule has 2 fully saturated rings. The fraction of sp³-hybridized carbons (Fsp3) is 0.531. The number of ether oxygens (including phenoxy) is 1. The lowest BCUT2D eigenvalue weighted by molar-refractivity contribution is -0.141. The zero-order chi connectivity index (χ0) is 30.0. The first kappa shape index (κ1) is 32.2. The van der Waals surface area contributed by atoms with Crippen LogP contribution in [0.15, 0.2) is 54.6 Å². The summed E-state index contributed by atoms with van der Waals surface area (Å²) in [5.74, 6) is 3.57. The number of amides is 3. The Balaban J connectivity index is 1.35. The molecule has 3 N–H and O–H groups in total. The van der Waals surface area contributed by atoms with E-state index in [4.69, 9.17) is 4.74 Å². The maximum Gasteiger partial charge on any atom is 0.244 e. The van der Waals surface area contributed by atoms with E-state index in [1.54, 1.807) is 25.6 Å². The van der Waals surface area contributed by atoms with Crippen molar-refractivity contribution in [1.82, 2.24) is 15.5 Å². The Labute approximate surface area is 257 Å². The van der Waals surface area contributed by atoms with E-state index >= 15 is 0 Å². The number of carbonyl (C=O) groups is 3. The van der Waals surface area contributed by atoms with Gasteiger partial charge in [0.05, 0.1) is 17.9 Å². The zero-order valence-corrected chi connectivity index (χ0v) is 26.2. The van der Waals surface area contributed by atoms with E-state index in [9.17, 15) is 19.5 Å². The topological polar surface area (TPSA) is 108 Å². The van der Waals surface area contributed by atoms with Gasteiger partial charge in [0.25, 0.3) is 0 Å². The fourth-order valence-corrected chi connectivity index (χ4v) is 7.60. The third-order valence-electron chi connectivity index (χ3n) is 7.45. The molecule has 2 atom stereocenters. The molecule has 1 saturated heterocycles. The van der Waals surface area contributed by atoms with Crippen molar-refractivity contribution < 1.29 is 24.2 Å². The second-order valence-electron chi connectivity index (χ2n) is 11.7. The van der Waals surface area contributed by atoms with Crippen LogP contribution in [0.5, 0.6) is 11.5 Å². The van der Waals surface area contributed by atoms with E-state index in [1.807, 2.05) is 54.6 Å². The van der Waals surface area contributed by atoms with Gasteiger partial charge in [-0.1, -0.05) is 49.6 Å². The Morgan fingerprint density at radius 2 is 1.74 bits per heavy atom. The van der Waals surface area contributed by atoms with Crippen LogP contribution in [-0.2, 0) is 20.9 Å². The van der Waals surface area contributed by atoms with Gasteiger partial charge in [-0.3, -0.25) is 14.4 Å². The van der Waals surface area contributed by atoms with E-state index in [0.717, 1.165) is 17.1 Å². The standard InChI is InChI=1S/C32H43N3O5S2/c1-32(2,39)17-29(36)35-22-42-21-28(35)31(38)34-27(20-41-19-24-9-5-3-6-10-24)30(37)33-18-23-13-15-26(16-14-23)40-25-11-7-4-8-12-25/h4,7-8,11-16,24,27-28,39H,3,5-6,9-10,17-22H2,1-2H3,(H,33,37)(H,34,38)/t27-,28-/m0/s1. The highest BCUT2D eigenvalue weighted by Gasteiger charge is 2.37. The SMILES string of the molecule is CC(C)(O)CC(=O)N1CSC[C@H]1C(=O)N[C@@H](CSCC1CCCCC1)C(=O)NCc1ccc(Oc2ccccc2)cc1. The number of hydrogen-bond donors (Lipinski definition) is 3. The lowest BCUT2D eigenvalue weighted by Crippen LogP contribution is -2.55. The number of rotatable bonds is 13. The zero-order valence-electron chi connectivity index (χ0n) is 24.6. The molecule has 3 amide bonds. The van der Waals surface area contributed by atoms with E-state index < -0.39 is 17.7 Å². The van der Waals surface area contributed by atoms with Crippen molar-refractivity contribution in [3.8, 4) is 11.5 Å². The number of carbonyl (C=O) groups excluding carboxylic acids is 3. The Morgan fingerprint density at radius 3 is 2.43 bits per heavy atom. The Kier molecular flexibility index (Phi) is 12.0. The van der Waals surface area contributed by atoms with Crippen molar-refractivity contribution in [1.29, 1.82) is 0 Å². The van der Waals surface area contributed by atoms with Crippen molar-refractivity contribution in [2.75, 3.05) is 23.1 Å². The first-order valence-corrected chi connectivity index (χ1v) is 17.1. The highest BCUT2D eigenvalue weighted by Crippen LogP contribution is 2.28. The minimum atomic E-state index is -1.16. The van der Waals surface area contributed by atoms with Gasteiger partial charge < -0.3 is 25.4 Å². The molecule has 0 unspecified atom stereocenters. The summed E-state index contributed by atoms with van der Waals surface area (Å²) in [6.45, 7) is 3.48. The normalized spacial score (nSPS) is 18.4. The maximum atomic E-state index is 13.4. The van der Waals surface area contributed by atoms with Crippen molar-refractivity contribution in [3.63, 3.8) is 0 Å². The van der Waals surface area contributed by atoms with E-state index in [0.29, 0.717) is 35.6 Å². The number of benzene rings is 2. The molecule has 1 aliphatic carbocycles. The van der Waals surface area contributed by atoms with Gasteiger partial charge in [0, 0.05) is 18.1 Å². The molecular weight excluding hydrogens is 571 g/mol. The van der Waals surface area contributed by atoms with Crippen LogP contribution in [-0.4, -0.2) is 68.5 Å². The van der Waals surface area contributed by atoms with Crippen molar-refractivity contribution in [3.05, 3.63) is 60.2 Å². The summed E-state index contributed by atoms with van der Waals surface area (Å²) in [5, 5.41) is 16.1. The number of nitrogens with zero attached hydrogens (tertiary/aromatic N) is 1. The first-order valence-electron chi connectivity index (χ1n) is 14.8. The monoisotopic (exact) mass is 613 g/mol. The number of aliphatic hydroxyl groups is 1. The van der Waals surface area contributed by atoms with Gasteiger partial charge in [-0.25, -0.2) is 0 Å². The molecule has 1 heterocycles. The van der Waals surface area contributed by atoms with Crippen LogP contribution in [0.4, 0.5) is 0 Å². The predicted octanol–water partition coefficient (Wildman–Crippen LogP) is 4.96. The van der Waals surface area contributed by atoms with Gasteiger partial charge in [0.2, 0.25) is 17.7 Å². The van der Waals surface area contributed by atoms with Crippen LogP contribution in [0.3, 0.4) is 0 Å². The summed E-state index contributed by atoms with van der Waals surface area (Å²) in [5.41, 5.74) is -0.241. The Hall–Kier alpha value is -2.69. The van der Waals surface area contributed by atoms with Crippen LogP contribution in [0.2, 0.25) is 0 Å². The fourth-order valence-electron chi connectivity index (χ4n) is 5.15. The van der Waals surface area contributed by atoms with Gasteiger partial charge in [-0.2, -0.15) is 11.8 Å². The molecule has 4 rings (SSSR count). The largest absolute Gasteiger partial charge is 0.457 e. The molecule has 1 aliphatic heterocycles. The third kappa shape index (κ3) is 10.2. The first-order chi connectivity index (χ1) is 20.2. The number of thioether (sulfide) groups is 2. The summed E-state index contributed by atoms with van der Waals surface area (Å²) >= 11 is 3.21. The van der Waals surface area contributed by atoms with Crippen LogP contribution in [0.25, 0.3) is 0 Å². The van der Waals surface area contributed by atoms with Crippen LogP contribution < -0.4 is 15.4 Å². The van der Waals surface area contributed by atoms with E-state index in [2.05, 4.69) is 10.6 Å². The summed E-state index contributed by atoms with van der Waals surface area (Å²) in [6.07, 6.45) is 6.19. The molecule has 42 heavy (non-hydrogen) atoms. The number of nitrogens with one attached hydrogen (secondary N) is 2. The van der Waals surface area contributed by atoms with E-state index in [1.165, 1.54) is 48.8 Å². The highest BCUT2D eigenvalue weighted by atomic mass is 32.2. The molecule has 1 saturated carbocycles. The molecular formula is C32H43N3O5S2. The third-order valence-corrected chi connectivity index (χ3v) is 9.74.